The van der Waals surface area contributed by atoms with Crippen LogP contribution in [0.5, 0.6) is 11.5 Å². The Morgan fingerprint density at radius 2 is 1.67 bits per heavy atom. The van der Waals surface area contributed by atoms with Gasteiger partial charge in [0.2, 0.25) is 0 Å². The van der Waals surface area contributed by atoms with Crippen molar-refractivity contribution in [2.75, 3.05) is 14.2 Å². The first-order valence-corrected chi connectivity index (χ1v) is 4.89. The fourth-order valence-electron chi connectivity index (χ4n) is 1.45. The molecular weight excluding hydrogens is 192 g/mol. The van der Waals surface area contributed by atoms with Crippen LogP contribution in [0, 0.1) is 6.92 Å². The fraction of sp³-hybridized carbons (Fsp3) is 0.417. The summed E-state index contributed by atoms with van der Waals surface area (Å²) in [5.74, 6) is 1.46. The molecule has 0 N–H and O–H groups in total. The molecule has 1 rings (SSSR count). The van der Waals surface area contributed by atoms with Crippen molar-refractivity contribution in [3.05, 3.63) is 23.3 Å². The van der Waals surface area contributed by atoms with Crippen LogP contribution in [0.4, 0.5) is 0 Å². The van der Waals surface area contributed by atoms with E-state index in [0.29, 0.717) is 23.5 Å². The number of ketones is 1. The van der Waals surface area contributed by atoms with Gasteiger partial charge in [-0.25, -0.2) is 0 Å². The Morgan fingerprint density at radius 3 is 2.00 bits per heavy atom. The molecule has 0 aliphatic rings. The van der Waals surface area contributed by atoms with Crippen LogP contribution in [0.15, 0.2) is 12.1 Å². The summed E-state index contributed by atoms with van der Waals surface area (Å²) in [7, 11) is 3.17. The molecule has 0 amide bonds. The highest BCUT2D eigenvalue weighted by molar-refractivity contribution is 5.96. The zero-order chi connectivity index (χ0) is 11.4. The number of rotatable bonds is 4. The molecule has 0 atom stereocenters. The quantitative estimate of drug-likeness (QED) is 0.713. The molecule has 0 fully saturated rings. The highest BCUT2D eigenvalue weighted by Gasteiger charge is 2.11. The van der Waals surface area contributed by atoms with E-state index in [-0.39, 0.29) is 5.78 Å². The average molecular weight is 208 g/mol. The van der Waals surface area contributed by atoms with E-state index >= 15 is 0 Å². The monoisotopic (exact) mass is 208 g/mol. The Bertz CT molecular complexity index is 344. The molecule has 3 nitrogen and oxygen atoms in total. The molecule has 15 heavy (non-hydrogen) atoms. The topological polar surface area (TPSA) is 35.5 Å². The van der Waals surface area contributed by atoms with Crippen LogP contribution in [0.3, 0.4) is 0 Å². The van der Waals surface area contributed by atoms with Crippen LogP contribution in [-0.4, -0.2) is 20.0 Å². The molecule has 1 aromatic carbocycles. The summed E-state index contributed by atoms with van der Waals surface area (Å²) in [5, 5.41) is 0. The number of benzene rings is 1. The summed E-state index contributed by atoms with van der Waals surface area (Å²) in [4.78, 5) is 11.5. The standard InChI is InChI=1S/C12H16O3/c1-5-10(13)9-6-11(14-3)8(2)12(7-9)15-4/h6-7H,5H2,1-4H3. The molecule has 0 saturated carbocycles. The van der Waals surface area contributed by atoms with Crippen LogP contribution in [0.2, 0.25) is 0 Å². The van der Waals surface area contributed by atoms with E-state index < -0.39 is 0 Å². The van der Waals surface area contributed by atoms with Crippen LogP contribution in [0.1, 0.15) is 29.3 Å². The van der Waals surface area contributed by atoms with Crippen molar-refractivity contribution in [2.24, 2.45) is 0 Å². The number of carbonyl (C=O) groups is 1. The minimum atomic E-state index is 0.0894. The van der Waals surface area contributed by atoms with Gasteiger partial charge in [0.15, 0.2) is 5.78 Å². The van der Waals surface area contributed by atoms with Gasteiger partial charge >= 0.3 is 0 Å². The number of ether oxygens (including phenoxy) is 2. The number of carbonyl (C=O) groups excluding carboxylic acids is 1. The zero-order valence-corrected chi connectivity index (χ0v) is 9.59. The van der Waals surface area contributed by atoms with E-state index in [2.05, 4.69) is 0 Å². The van der Waals surface area contributed by atoms with E-state index in [1.54, 1.807) is 26.4 Å². The molecule has 0 saturated heterocycles. The predicted octanol–water partition coefficient (Wildman–Crippen LogP) is 2.60. The Balaban J connectivity index is 3.26. The van der Waals surface area contributed by atoms with Gasteiger partial charge in [-0.3, -0.25) is 4.79 Å². The lowest BCUT2D eigenvalue weighted by atomic mass is 10.0. The van der Waals surface area contributed by atoms with Gasteiger partial charge in [0, 0.05) is 17.5 Å². The SMILES string of the molecule is CCC(=O)c1cc(OC)c(C)c(OC)c1. The molecular formula is C12H16O3. The lowest BCUT2D eigenvalue weighted by Crippen LogP contribution is -2.00. The lowest BCUT2D eigenvalue weighted by molar-refractivity contribution is 0.0987. The van der Waals surface area contributed by atoms with Crippen LogP contribution >= 0.6 is 0 Å². The van der Waals surface area contributed by atoms with Gasteiger partial charge in [-0.2, -0.15) is 0 Å². The summed E-state index contributed by atoms with van der Waals surface area (Å²) in [5.41, 5.74) is 1.55. The van der Waals surface area contributed by atoms with Crippen molar-refractivity contribution >= 4 is 5.78 Å². The first-order valence-electron chi connectivity index (χ1n) is 4.89. The first kappa shape index (κ1) is 11.6. The largest absolute Gasteiger partial charge is 0.496 e. The summed E-state index contributed by atoms with van der Waals surface area (Å²) in [6.07, 6.45) is 0.482. The van der Waals surface area contributed by atoms with Crippen LogP contribution in [0.25, 0.3) is 0 Å². The number of hydrogen-bond acceptors (Lipinski definition) is 3. The maximum atomic E-state index is 11.5. The Hall–Kier alpha value is -1.51. The molecule has 0 aliphatic carbocycles. The number of methoxy groups -OCH3 is 2. The molecule has 0 aliphatic heterocycles. The fourth-order valence-corrected chi connectivity index (χ4v) is 1.45. The van der Waals surface area contributed by atoms with E-state index in [4.69, 9.17) is 9.47 Å². The lowest BCUT2D eigenvalue weighted by Gasteiger charge is -2.11. The molecule has 0 radical (unpaired) electrons. The first-order chi connectivity index (χ1) is 7.13. The third-order valence-corrected chi connectivity index (χ3v) is 2.40. The van der Waals surface area contributed by atoms with Crippen molar-refractivity contribution < 1.29 is 14.3 Å². The van der Waals surface area contributed by atoms with E-state index in [9.17, 15) is 4.79 Å². The van der Waals surface area contributed by atoms with Gasteiger partial charge in [-0.05, 0) is 19.1 Å². The van der Waals surface area contributed by atoms with E-state index in [1.807, 2.05) is 13.8 Å². The number of Topliss-reactive ketones (excluding diaryl/α,β-unsaturated/α-hetero) is 1. The van der Waals surface area contributed by atoms with Crippen LogP contribution in [-0.2, 0) is 0 Å². The van der Waals surface area contributed by atoms with E-state index in [0.717, 1.165) is 5.56 Å². The summed E-state index contributed by atoms with van der Waals surface area (Å²) < 4.78 is 10.4. The van der Waals surface area contributed by atoms with Gasteiger partial charge < -0.3 is 9.47 Å². The maximum Gasteiger partial charge on any atom is 0.162 e. The van der Waals surface area contributed by atoms with Gasteiger partial charge in [0.05, 0.1) is 14.2 Å². The third kappa shape index (κ3) is 2.29. The molecule has 0 aromatic heterocycles. The minimum Gasteiger partial charge on any atom is -0.496 e. The molecule has 82 valence electrons. The smallest absolute Gasteiger partial charge is 0.162 e. The van der Waals surface area contributed by atoms with Crippen molar-refractivity contribution in [1.82, 2.24) is 0 Å². The van der Waals surface area contributed by atoms with Crippen molar-refractivity contribution in [2.45, 2.75) is 20.3 Å². The van der Waals surface area contributed by atoms with Crippen molar-refractivity contribution in [1.29, 1.82) is 0 Å². The summed E-state index contributed by atoms with van der Waals surface area (Å²) in [6, 6.07) is 3.51. The predicted molar refractivity (Wildman–Crippen MR) is 58.9 cm³/mol. The van der Waals surface area contributed by atoms with Gasteiger partial charge in [0.1, 0.15) is 11.5 Å². The Kier molecular flexibility index (Phi) is 3.72. The number of hydrogen-bond donors (Lipinski definition) is 0. The molecule has 3 heteroatoms. The van der Waals surface area contributed by atoms with E-state index in [1.165, 1.54) is 0 Å². The second-order valence-electron chi connectivity index (χ2n) is 3.28. The molecule has 0 unspecified atom stereocenters. The molecule has 0 heterocycles. The Labute approximate surface area is 90.0 Å². The second kappa shape index (κ2) is 4.82. The van der Waals surface area contributed by atoms with Gasteiger partial charge in [-0.15, -0.1) is 0 Å². The summed E-state index contributed by atoms with van der Waals surface area (Å²) >= 11 is 0. The molecule has 0 spiro atoms. The molecule has 1 aromatic rings. The maximum absolute atomic E-state index is 11.5. The van der Waals surface area contributed by atoms with Crippen molar-refractivity contribution in [3.8, 4) is 11.5 Å². The van der Waals surface area contributed by atoms with Gasteiger partial charge in [-0.1, -0.05) is 6.92 Å². The normalized spacial score (nSPS) is 9.87. The Morgan fingerprint density at radius 1 is 1.20 bits per heavy atom. The van der Waals surface area contributed by atoms with Gasteiger partial charge in [0.25, 0.3) is 0 Å². The second-order valence-corrected chi connectivity index (χ2v) is 3.28. The highest BCUT2D eigenvalue weighted by Crippen LogP contribution is 2.29. The highest BCUT2D eigenvalue weighted by atomic mass is 16.5. The average Bonchev–Trinajstić information content (AvgIpc) is 2.28. The van der Waals surface area contributed by atoms with Crippen molar-refractivity contribution in [3.63, 3.8) is 0 Å². The molecule has 0 bridgehead atoms. The summed E-state index contributed by atoms with van der Waals surface area (Å²) in [6.45, 7) is 3.74. The third-order valence-electron chi connectivity index (χ3n) is 2.40. The minimum absolute atomic E-state index is 0.0894. The zero-order valence-electron chi connectivity index (χ0n) is 9.59. The van der Waals surface area contributed by atoms with Crippen LogP contribution < -0.4 is 9.47 Å².